The van der Waals surface area contributed by atoms with Crippen molar-refractivity contribution in [3.8, 4) is 11.5 Å². The summed E-state index contributed by atoms with van der Waals surface area (Å²) in [4.78, 5) is 23.8. The van der Waals surface area contributed by atoms with Gasteiger partial charge in [-0.2, -0.15) is 0 Å². The monoisotopic (exact) mass is 403 g/mol. The van der Waals surface area contributed by atoms with Gasteiger partial charge in [-0.25, -0.2) is 0 Å². The summed E-state index contributed by atoms with van der Waals surface area (Å²) in [5.74, 6) is 1.32. The molecule has 3 rings (SSSR count). The normalized spacial score (nSPS) is 10.2. The van der Waals surface area contributed by atoms with Crippen LogP contribution in [0.2, 0.25) is 0 Å². The lowest BCUT2D eigenvalue weighted by Crippen LogP contribution is -2.21. The lowest BCUT2D eigenvalue weighted by molar-refractivity contribution is -0.116. The topological polar surface area (TPSA) is 79.5 Å². The van der Waals surface area contributed by atoms with E-state index in [9.17, 15) is 9.59 Å². The predicted octanol–water partition coefficient (Wildman–Crippen LogP) is 5.27. The number of carbonyl (C=O) groups is 2. The second-order valence-corrected chi connectivity index (χ2v) is 6.72. The molecule has 0 aromatic heterocycles. The molecule has 0 atom stereocenters. The molecule has 0 radical (unpaired) electrons. The molecule has 0 spiro atoms. The third-order valence-corrected chi connectivity index (χ3v) is 4.22. The van der Waals surface area contributed by atoms with Gasteiger partial charge in [0.1, 0.15) is 11.5 Å². The van der Waals surface area contributed by atoms with Gasteiger partial charge in [0.05, 0.1) is 6.54 Å². The Morgan fingerprint density at radius 1 is 0.700 bits per heavy atom. The largest absolute Gasteiger partial charge is 0.457 e. The first-order valence-electron chi connectivity index (χ1n) is 9.89. The summed E-state index contributed by atoms with van der Waals surface area (Å²) in [6.07, 6.45) is 1.29. The fourth-order valence-corrected chi connectivity index (χ4v) is 2.74. The number of rotatable bonds is 9. The number of para-hydroxylation sites is 1. The van der Waals surface area contributed by atoms with E-state index in [-0.39, 0.29) is 18.4 Å². The Bertz CT molecular complexity index is 955. The molecule has 0 aliphatic carbocycles. The minimum Gasteiger partial charge on any atom is -0.457 e. The number of amides is 2. The third-order valence-electron chi connectivity index (χ3n) is 4.22. The number of hydrogen-bond donors (Lipinski definition) is 3. The summed E-state index contributed by atoms with van der Waals surface area (Å²) in [5.41, 5.74) is 2.20. The maximum absolute atomic E-state index is 12.2. The minimum absolute atomic E-state index is 0.0151. The summed E-state index contributed by atoms with van der Waals surface area (Å²) >= 11 is 0. The van der Waals surface area contributed by atoms with Gasteiger partial charge >= 0.3 is 0 Å². The van der Waals surface area contributed by atoms with E-state index in [2.05, 4.69) is 16.0 Å². The molecular formula is C24H25N3O3. The lowest BCUT2D eigenvalue weighted by Gasteiger charge is -2.10. The van der Waals surface area contributed by atoms with Gasteiger partial charge in [0, 0.05) is 23.5 Å². The van der Waals surface area contributed by atoms with Crippen molar-refractivity contribution in [2.75, 3.05) is 22.5 Å². The molecule has 3 N–H and O–H groups in total. The van der Waals surface area contributed by atoms with Crippen molar-refractivity contribution in [3.05, 3.63) is 78.9 Å². The van der Waals surface area contributed by atoms with Gasteiger partial charge in [-0.05, 0) is 67.1 Å². The number of nitrogens with one attached hydrogen (secondary N) is 3. The molecule has 6 heteroatoms. The zero-order valence-corrected chi connectivity index (χ0v) is 16.9. The maximum atomic E-state index is 12.2. The van der Waals surface area contributed by atoms with E-state index in [0.717, 1.165) is 23.6 Å². The van der Waals surface area contributed by atoms with Gasteiger partial charge in [-0.15, -0.1) is 0 Å². The number of benzene rings is 3. The van der Waals surface area contributed by atoms with Gasteiger partial charge in [-0.3, -0.25) is 9.59 Å². The van der Waals surface area contributed by atoms with Crippen molar-refractivity contribution in [2.24, 2.45) is 0 Å². The fraction of sp³-hybridized carbons (Fsp3) is 0.167. The SMILES string of the molecule is CCCC(=O)Nc1ccc(NC(=O)CNc2ccc(Oc3ccccc3)cc2)cc1. The number of carbonyl (C=O) groups excluding carboxylic acids is 2. The van der Waals surface area contributed by atoms with Crippen molar-refractivity contribution >= 4 is 28.9 Å². The molecule has 30 heavy (non-hydrogen) atoms. The maximum Gasteiger partial charge on any atom is 0.243 e. The second kappa shape index (κ2) is 10.7. The Hall–Kier alpha value is -3.80. The predicted molar refractivity (Wildman–Crippen MR) is 120 cm³/mol. The van der Waals surface area contributed by atoms with Gasteiger partial charge < -0.3 is 20.7 Å². The fourth-order valence-electron chi connectivity index (χ4n) is 2.74. The molecule has 0 aliphatic heterocycles. The van der Waals surface area contributed by atoms with E-state index < -0.39 is 0 Å². The van der Waals surface area contributed by atoms with E-state index in [4.69, 9.17) is 4.74 Å². The molecule has 154 valence electrons. The molecule has 0 aliphatic rings. The van der Waals surface area contributed by atoms with Crippen LogP contribution >= 0.6 is 0 Å². The van der Waals surface area contributed by atoms with Crippen LogP contribution in [0.25, 0.3) is 0 Å². The highest BCUT2D eigenvalue weighted by molar-refractivity contribution is 5.94. The number of ether oxygens (including phenoxy) is 1. The van der Waals surface area contributed by atoms with Crippen molar-refractivity contribution < 1.29 is 14.3 Å². The van der Waals surface area contributed by atoms with Crippen molar-refractivity contribution in [3.63, 3.8) is 0 Å². The van der Waals surface area contributed by atoms with Gasteiger partial charge in [0.25, 0.3) is 0 Å². The van der Waals surface area contributed by atoms with Crippen LogP contribution in [-0.2, 0) is 9.59 Å². The van der Waals surface area contributed by atoms with Crippen molar-refractivity contribution in [2.45, 2.75) is 19.8 Å². The summed E-state index contributed by atoms with van der Waals surface area (Å²) in [7, 11) is 0. The smallest absolute Gasteiger partial charge is 0.243 e. The van der Waals surface area contributed by atoms with Crippen LogP contribution in [0, 0.1) is 0 Å². The van der Waals surface area contributed by atoms with Crippen LogP contribution in [0.3, 0.4) is 0 Å². The molecule has 0 saturated carbocycles. The average Bonchev–Trinajstić information content (AvgIpc) is 2.76. The van der Waals surface area contributed by atoms with Crippen molar-refractivity contribution in [1.29, 1.82) is 0 Å². The molecule has 2 amide bonds. The van der Waals surface area contributed by atoms with Gasteiger partial charge in [0.15, 0.2) is 0 Å². The average molecular weight is 403 g/mol. The Morgan fingerprint density at radius 2 is 1.23 bits per heavy atom. The lowest BCUT2D eigenvalue weighted by atomic mass is 10.2. The highest BCUT2D eigenvalue weighted by atomic mass is 16.5. The molecule has 0 saturated heterocycles. The molecule has 0 heterocycles. The van der Waals surface area contributed by atoms with Crippen LogP contribution in [0.5, 0.6) is 11.5 Å². The summed E-state index contributed by atoms with van der Waals surface area (Å²) in [6.45, 7) is 2.09. The molecule has 3 aromatic carbocycles. The van der Waals surface area contributed by atoms with Crippen LogP contribution in [-0.4, -0.2) is 18.4 Å². The van der Waals surface area contributed by atoms with E-state index in [1.165, 1.54) is 0 Å². The number of anilines is 3. The first kappa shape index (κ1) is 20.9. The summed E-state index contributed by atoms with van der Waals surface area (Å²) in [5, 5.41) is 8.72. The molecule has 0 bridgehead atoms. The molecule has 6 nitrogen and oxygen atoms in total. The number of hydrogen-bond acceptors (Lipinski definition) is 4. The first-order valence-corrected chi connectivity index (χ1v) is 9.89. The quantitative estimate of drug-likeness (QED) is 0.455. The Kier molecular flexibility index (Phi) is 7.44. The van der Waals surface area contributed by atoms with E-state index in [1.54, 1.807) is 24.3 Å². The van der Waals surface area contributed by atoms with E-state index >= 15 is 0 Å². The highest BCUT2D eigenvalue weighted by Crippen LogP contribution is 2.22. The van der Waals surface area contributed by atoms with Gasteiger partial charge in [-0.1, -0.05) is 25.1 Å². The zero-order chi connectivity index (χ0) is 21.2. The summed E-state index contributed by atoms with van der Waals surface area (Å²) < 4.78 is 5.75. The van der Waals surface area contributed by atoms with E-state index in [1.807, 2.05) is 61.5 Å². The molecular weight excluding hydrogens is 378 g/mol. The Balaban J connectivity index is 1.44. The molecule has 3 aromatic rings. The van der Waals surface area contributed by atoms with Crippen molar-refractivity contribution in [1.82, 2.24) is 0 Å². The third kappa shape index (κ3) is 6.67. The first-order chi connectivity index (χ1) is 14.6. The van der Waals surface area contributed by atoms with Crippen LogP contribution < -0.4 is 20.7 Å². The van der Waals surface area contributed by atoms with Crippen LogP contribution in [0.4, 0.5) is 17.1 Å². The Labute approximate surface area is 176 Å². The van der Waals surface area contributed by atoms with Crippen LogP contribution in [0.1, 0.15) is 19.8 Å². The standard InChI is InChI=1S/C24H25N3O3/c1-2-6-23(28)26-19-9-11-20(12-10-19)27-24(29)17-25-18-13-15-22(16-14-18)30-21-7-4-3-5-8-21/h3-5,7-16,25H,2,6,17H2,1H3,(H,26,28)(H,27,29). The van der Waals surface area contributed by atoms with E-state index in [0.29, 0.717) is 17.8 Å². The Morgan fingerprint density at radius 3 is 1.83 bits per heavy atom. The molecule has 0 fully saturated rings. The molecule has 0 unspecified atom stereocenters. The highest BCUT2D eigenvalue weighted by Gasteiger charge is 2.05. The van der Waals surface area contributed by atoms with Gasteiger partial charge in [0.2, 0.25) is 11.8 Å². The minimum atomic E-state index is -0.164. The zero-order valence-electron chi connectivity index (χ0n) is 16.9. The second-order valence-electron chi connectivity index (χ2n) is 6.72. The summed E-state index contributed by atoms with van der Waals surface area (Å²) in [6, 6.07) is 24.0. The van der Waals surface area contributed by atoms with Crippen LogP contribution in [0.15, 0.2) is 78.9 Å².